The summed E-state index contributed by atoms with van der Waals surface area (Å²) in [6, 6.07) is 10.9. The summed E-state index contributed by atoms with van der Waals surface area (Å²) in [4.78, 5) is 31.4. The van der Waals surface area contributed by atoms with E-state index in [0.29, 0.717) is 23.0 Å². The van der Waals surface area contributed by atoms with E-state index in [1.54, 1.807) is 22.7 Å². The highest BCUT2D eigenvalue weighted by atomic mass is 35.5. The zero-order valence-electron chi connectivity index (χ0n) is 14.6. The molecule has 2 N–H and O–H groups in total. The standard InChI is InChI=1S/C19H18ClN3O2S2/c1-26-7-6-23-15-5-3-2-4-11(15)8-14(19(23)25)21-17(24)13-9-12-10-16(20)27-18(12)22-13/h2-5,9-10,14,22H,6-8H2,1H3,(H,21,24)/t14-/m0/s1. The van der Waals surface area contributed by atoms with Gasteiger partial charge >= 0.3 is 0 Å². The summed E-state index contributed by atoms with van der Waals surface area (Å²) >= 11 is 9.06. The molecule has 5 nitrogen and oxygen atoms in total. The quantitative estimate of drug-likeness (QED) is 0.658. The predicted molar refractivity (Wildman–Crippen MR) is 113 cm³/mol. The highest BCUT2D eigenvalue weighted by Gasteiger charge is 2.33. The average molecular weight is 420 g/mol. The van der Waals surface area contributed by atoms with Gasteiger partial charge in [-0.1, -0.05) is 29.8 Å². The number of H-pyrrole nitrogens is 1. The van der Waals surface area contributed by atoms with Crippen molar-refractivity contribution in [2.45, 2.75) is 12.5 Å². The van der Waals surface area contributed by atoms with Crippen LogP contribution in [0.4, 0.5) is 5.69 Å². The number of thioether (sulfide) groups is 1. The average Bonchev–Trinajstić information content (AvgIpc) is 3.19. The molecule has 2 amide bonds. The third-order valence-electron chi connectivity index (χ3n) is 4.62. The second kappa shape index (κ2) is 7.58. The molecule has 4 rings (SSSR count). The number of nitrogens with zero attached hydrogens (tertiary/aromatic N) is 1. The Kier molecular flexibility index (Phi) is 5.16. The van der Waals surface area contributed by atoms with Gasteiger partial charge in [0.2, 0.25) is 5.91 Å². The lowest BCUT2D eigenvalue weighted by Crippen LogP contribution is -2.53. The van der Waals surface area contributed by atoms with Crippen LogP contribution in [0.3, 0.4) is 0 Å². The number of hydrogen-bond donors (Lipinski definition) is 2. The Balaban J connectivity index is 1.56. The van der Waals surface area contributed by atoms with Gasteiger partial charge in [0.15, 0.2) is 0 Å². The Morgan fingerprint density at radius 3 is 3.00 bits per heavy atom. The molecule has 1 aromatic carbocycles. The normalized spacial score (nSPS) is 16.6. The molecular weight excluding hydrogens is 402 g/mol. The molecule has 1 atom stereocenters. The molecule has 0 aliphatic carbocycles. The van der Waals surface area contributed by atoms with Crippen molar-refractivity contribution < 1.29 is 9.59 Å². The number of thiophene rings is 1. The van der Waals surface area contributed by atoms with Crippen LogP contribution in [0.1, 0.15) is 16.1 Å². The molecular formula is C19H18ClN3O2S2. The molecule has 0 fully saturated rings. The van der Waals surface area contributed by atoms with Crippen LogP contribution in [0.15, 0.2) is 36.4 Å². The molecule has 1 aliphatic heterocycles. The molecule has 0 bridgehead atoms. The molecule has 0 saturated heterocycles. The predicted octanol–water partition coefficient (Wildman–Crippen LogP) is 3.93. The number of hydrogen-bond acceptors (Lipinski definition) is 4. The molecule has 1 aliphatic rings. The van der Waals surface area contributed by atoms with Crippen LogP contribution in [0.2, 0.25) is 4.34 Å². The van der Waals surface area contributed by atoms with E-state index in [0.717, 1.165) is 27.2 Å². The third-order valence-corrected chi connectivity index (χ3v) is 6.40. The Morgan fingerprint density at radius 2 is 2.22 bits per heavy atom. The number of rotatable bonds is 5. The van der Waals surface area contributed by atoms with Crippen molar-refractivity contribution in [2.75, 3.05) is 23.5 Å². The minimum absolute atomic E-state index is 0.0625. The first-order valence-corrected chi connectivity index (χ1v) is 11.1. The first-order chi connectivity index (χ1) is 13.1. The Labute approximate surface area is 170 Å². The number of amides is 2. The zero-order chi connectivity index (χ0) is 19.0. The molecule has 140 valence electrons. The SMILES string of the molecule is CSCCN1C(=O)[C@@H](NC(=O)c2cc3cc(Cl)sc3[nH]2)Cc2ccccc21. The molecule has 8 heteroatoms. The van der Waals surface area contributed by atoms with Crippen LogP contribution in [0.25, 0.3) is 10.2 Å². The van der Waals surface area contributed by atoms with Gasteiger partial charge in [0, 0.05) is 29.8 Å². The summed E-state index contributed by atoms with van der Waals surface area (Å²) in [6.45, 7) is 0.625. The van der Waals surface area contributed by atoms with Crippen molar-refractivity contribution in [2.24, 2.45) is 0 Å². The third kappa shape index (κ3) is 3.59. The maximum Gasteiger partial charge on any atom is 0.268 e. The number of para-hydroxylation sites is 1. The maximum atomic E-state index is 13.0. The summed E-state index contributed by atoms with van der Waals surface area (Å²) in [6.07, 6.45) is 2.51. The fraction of sp³-hybridized carbons (Fsp3) is 0.263. The first kappa shape index (κ1) is 18.4. The fourth-order valence-electron chi connectivity index (χ4n) is 3.34. The minimum Gasteiger partial charge on any atom is -0.342 e. The van der Waals surface area contributed by atoms with E-state index >= 15 is 0 Å². The van der Waals surface area contributed by atoms with Crippen molar-refractivity contribution in [3.8, 4) is 0 Å². The van der Waals surface area contributed by atoms with Crippen molar-refractivity contribution in [1.82, 2.24) is 10.3 Å². The number of fused-ring (bicyclic) bond motifs is 2. The second-order valence-corrected chi connectivity index (χ2v) is 9.03. The van der Waals surface area contributed by atoms with E-state index in [9.17, 15) is 9.59 Å². The summed E-state index contributed by atoms with van der Waals surface area (Å²) in [5.41, 5.74) is 2.45. The molecule has 3 aromatic rings. The smallest absolute Gasteiger partial charge is 0.268 e. The lowest BCUT2D eigenvalue weighted by molar-refractivity contribution is -0.120. The van der Waals surface area contributed by atoms with Gasteiger partial charge in [-0.25, -0.2) is 0 Å². The number of nitrogens with one attached hydrogen (secondary N) is 2. The monoisotopic (exact) mass is 419 g/mol. The number of carbonyl (C=O) groups is 2. The van der Waals surface area contributed by atoms with Crippen LogP contribution in [0.5, 0.6) is 0 Å². The van der Waals surface area contributed by atoms with Gasteiger partial charge in [0.1, 0.15) is 16.6 Å². The molecule has 0 spiro atoms. The molecule has 0 saturated carbocycles. The molecule has 3 heterocycles. The van der Waals surface area contributed by atoms with E-state index in [4.69, 9.17) is 11.6 Å². The van der Waals surface area contributed by atoms with Crippen LogP contribution >= 0.6 is 34.7 Å². The summed E-state index contributed by atoms with van der Waals surface area (Å²) in [5.74, 6) is 0.499. The minimum atomic E-state index is -0.570. The topological polar surface area (TPSA) is 65.2 Å². The molecule has 27 heavy (non-hydrogen) atoms. The van der Waals surface area contributed by atoms with Gasteiger partial charge in [0.25, 0.3) is 5.91 Å². The van der Waals surface area contributed by atoms with Crippen LogP contribution in [0, 0.1) is 0 Å². The lowest BCUT2D eigenvalue weighted by Gasteiger charge is -2.34. The maximum absolute atomic E-state index is 13.0. The van der Waals surface area contributed by atoms with E-state index in [1.165, 1.54) is 11.3 Å². The molecule has 2 aromatic heterocycles. The number of anilines is 1. The van der Waals surface area contributed by atoms with Crippen LogP contribution < -0.4 is 10.2 Å². The molecule has 0 radical (unpaired) electrons. The van der Waals surface area contributed by atoms with E-state index < -0.39 is 6.04 Å². The fourth-order valence-corrected chi connectivity index (χ4v) is 4.83. The Hall–Kier alpha value is -1.96. The second-order valence-electron chi connectivity index (χ2n) is 6.36. The number of carbonyl (C=O) groups excluding carboxylic acids is 2. The van der Waals surface area contributed by atoms with Crippen LogP contribution in [-0.4, -0.2) is 41.4 Å². The van der Waals surface area contributed by atoms with Crippen molar-refractivity contribution in [1.29, 1.82) is 0 Å². The molecule has 0 unspecified atom stereocenters. The van der Waals surface area contributed by atoms with E-state index in [2.05, 4.69) is 10.3 Å². The summed E-state index contributed by atoms with van der Waals surface area (Å²) < 4.78 is 0.673. The number of benzene rings is 1. The lowest BCUT2D eigenvalue weighted by atomic mass is 9.97. The van der Waals surface area contributed by atoms with Crippen molar-refractivity contribution in [3.05, 3.63) is 52.0 Å². The summed E-state index contributed by atoms with van der Waals surface area (Å²) in [7, 11) is 0. The zero-order valence-corrected chi connectivity index (χ0v) is 17.0. The Morgan fingerprint density at radius 1 is 1.41 bits per heavy atom. The van der Waals surface area contributed by atoms with Gasteiger partial charge < -0.3 is 15.2 Å². The van der Waals surface area contributed by atoms with Crippen LogP contribution in [-0.2, 0) is 11.2 Å². The largest absolute Gasteiger partial charge is 0.342 e. The van der Waals surface area contributed by atoms with Gasteiger partial charge in [-0.05, 0) is 30.0 Å². The van der Waals surface area contributed by atoms with Crippen molar-refractivity contribution in [3.63, 3.8) is 0 Å². The Bertz CT molecular complexity index is 982. The number of aromatic amines is 1. The van der Waals surface area contributed by atoms with Gasteiger partial charge in [-0.2, -0.15) is 11.8 Å². The number of aromatic nitrogens is 1. The van der Waals surface area contributed by atoms with Gasteiger partial charge in [-0.3, -0.25) is 9.59 Å². The highest BCUT2D eigenvalue weighted by molar-refractivity contribution is 7.98. The first-order valence-electron chi connectivity index (χ1n) is 8.54. The highest BCUT2D eigenvalue weighted by Crippen LogP contribution is 2.30. The van der Waals surface area contributed by atoms with E-state index in [1.807, 2.05) is 36.6 Å². The van der Waals surface area contributed by atoms with Crippen molar-refractivity contribution >= 4 is 62.4 Å². The van der Waals surface area contributed by atoms with Gasteiger partial charge in [-0.15, -0.1) is 11.3 Å². The number of halogens is 1. The van der Waals surface area contributed by atoms with E-state index in [-0.39, 0.29) is 11.8 Å². The summed E-state index contributed by atoms with van der Waals surface area (Å²) in [5, 5.41) is 3.80. The van der Waals surface area contributed by atoms with Gasteiger partial charge in [0.05, 0.1) is 4.34 Å².